The molecule has 144 valence electrons. The number of nitrogens with one attached hydrogen (secondary N) is 2. The second-order valence-electron chi connectivity index (χ2n) is 6.46. The van der Waals surface area contributed by atoms with Gasteiger partial charge in [-0.3, -0.25) is 10.1 Å². The Kier molecular flexibility index (Phi) is 5.39. The summed E-state index contributed by atoms with van der Waals surface area (Å²) in [6.45, 7) is 3.41. The molecule has 28 heavy (non-hydrogen) atoms. The molecule has 2 aromatic rings. The molecule has 0 aliphatic carbocycles. The average molecular weight is 381 g/mol. The number of carbonyl (C=O) groups is 2. The van der Waals surface area contributed by atoms with Gasteiger partial charge in [0.25, 0.3) is 5.69 Å². The van der Waals surface area contributed by atoms with E-state index in [0.29, 0.717) is 5.56 Å². The Morgan fingerprint density at radius 2 is 1.75 bits per heavy atom. The monoisotopic (exact) mass is 381 g/mol. The van der Waals surface area contributed by atoms with Crippen LogP contribution in [0.25, 0.3) is 5.70 Å². The van der Waals surface area contributed by atoms with Gasteiger partial charge in [0.1, 0.15) is 0 Å². The molecule has 1 aliphatic heterocycles. The van der Waals surface area contributed by atoms with E-state index in [0.717, 1.165) is 0 Å². The number of hydrogen-bond acceptors (Lipinski definition) is 5. The lowest BCUT2D eigenvalue weighted by Gasteiger charge is -2.29. The van der Waals surface area contributed by atoms with E-state index in [1.54, 1.807) is 50.2 Å². The number of nitro benzene ring substituents is 1. The van der Waals surface area contributed by atoms with E-state index in [2.05, 4.69) is 10.6 Å². The van der Waals surface area contributed by atoms with Crippen molar-refractivity contribution >= 4 is 23.4 Å². The number of rotatable bonds is 5. The SMILES string of the molecule is CC(C)OC(=O)C1=C(c2ccccc2)NC(=O)NC1c1ccccc1[N+](=O)[O-]. The molecule has 2 aromatic carbocycles. The number of amides is 2. The fourth-order valence-corrected chi connectivity index (χ4v) is 3.03. The van der Waals surface area contributed by atoms with E-state index in [9.17, 15) is 19.7 Å². The third-order valence-electron chi connectivity index (χ3n) is 4.14. The summed E-state index contributed by atoms with van der Waals surface area (Å²) < 4.78 is 5.37. The zero-order chi connectivity index (χ0) is 20.3. The maximum absolute atomic E-state index is 12.9. The van der Waals surface area contributed by atoms with Gasteiger partial charge in [0.2, 0.25) is 0 Å². The fourth-order valence-electron chi connectivity index (χ4n) is 3.03. The molecule has 0 fully saturated rings. The Labute approximate surface area is 161 Å². The van der Waals surface area contributed by atoms with E-state index in [1.807, 2.05) is 0 Å². The summed E-state index contributed by atoms with van der Waals surface area (Å²) in [6.07, 6.45) is -0.402. The smallest absolute Gasteiger partial charge is 0.338 e. The van der Waals surface area contributed by atoms with E-state index in [1.165, 1.54) is 18.2 Å². The average Bonchev–Trinajstić information content (AvgIpc) is 2.67. The van der Waals surface area contributed by atoms with Crippen LogP contribution in [0.3, 0.4) is 0 Å². The van der Waals surface area contributed by atoms with Crippen LogP contribution < -0.4 is 10.6 Å². The van der Waals surface area contributed by atoms with Crippen molar-refractivity contribution in [2.24, 2.45) is 0 Å². The molecule has 0 radical (unpaired) electrons. The van der Waals surface area contributed by atoms with Crippen LogP contribution in [0.5, 0.6) is 0 Å². The minimum atomic E-state index is -1.03. The van der Waals surface area contributed by atoms with E-state index >= 15 is 0 Å². The van der Waals surface area contributed by atoms with E-state index < -0.39 is 29.1 Å². The van der Waals surface area contributed by atoms with Gasteiger partial charge in [0.05, 0.1) is 33.9 Å². The molecule has 1 unspecified atom stereocenters. The van der Waals surface area contributed by atoms with Gasteiger partial charge in [-0.2, -0.15) is 0 Å². The van der Waals surface area contributed by atoms with E-state index in [4.69, 9.17) is 4.74 Å². The molecule has 1 atom stereocenters. The fraction of sp³-hybridized carbons (Fsp3) is 0.200. The highest BCUT2D eigenvalue weighted by Gasteiger charge is 2.37. The van der Waals surface area contributed by atoms with Crippen molar-refractivity contribution in [2.75, 3.05) is 0 Å². The number of carbonyl (C=O) groups excluding carboxylic acids is 2. The highest BCUT2D eigenvalue weighted by atomic mass is 16.6. The third-order valence-corrected chi connectivity index (χ3v) is 4.14. The van der Waals surface area contributed by atoms with Crippen molar-refractivity contribution in [3.05, 3.63) is 81.4 Å². The van der Waals surface area contributed by atoms with Crippen LogP contribution in [0, 0.1) is 10.1 Å². The Hall–Kier alpha value is -3.68. The van der Waals surface area contributed by atoms with Crippen molar-refractivity contribution in [1.82, 2.24) is 10.6 Å². The molecule has 8 heteroatoms. The van der Waals surface area contributed by atoms with Gasteiger partial charge in [0.15, 0.2) is 0 Å². The van der Waals surface area contributed by atoms with Gasteiger partial charge >= 0.3 is 12.0 Å². The van der Waals surface area contributed by atoms with Gasteiger partial charge < -0.3 is 15.4 Å². The van der Waals surface area contributed by atoms with Crippen LogP contribution in [0.2, 0.25) is 0 Å². The molecule has 8 nitrogen and oxygen atoms in total. The first kappa shape index (κ1) is 19.1. The zero-order valence-corrected chi connectivity index (χ0v) is 15.3. The summed E-state index contributed by atoms with van der Waals surface area (Å²) in [5, 5.41) is 16.8. The van der Waals surface area contributed by atoms with Crippen molar-refractivity contribution in [3.63, 3.8) is 0 Å². The Balaban J connectivity index is 2.24. The number of esters is 1. The number of benzene rings is 2. The first-order chi connectivity index (χ1) is 13.4. The molecule has 1 aliphatic rings. The molecule has 0 spiro atoms. The van der Waals surface area contributed by atoms with Gasteiger partial charge in [-0.1, -0.05) is 42.5 Å². The van der Waals surface area contributed by atoms with Gasteiger partial charge in [-0.25, -0.2) is 9.59 Å². The molecule has 0 saturated carbocycles. The van der Waals surface area contributed by atoms with Crippen molar-refractivity contribution in [1.29, 1.82) is 0 Å². The Morgan fingerprint density at radius 1 is 1.11 bits per heavy atom. The maximum atomic E-state index is 12.9. The number of para-hydroxylation sites is 1. The summed E-state index contributed by atoms with van der Waals surface area (Å²) in [4.78, 5) is 36.2. The van der Waals surface area contributed by atoms with Crippen molar-refractivity contribution < 1.29 is 19.2 Å². The second kappa shape index (κ2) is 7.91. The molecular weight excluding hydrogens is 362 g/mol. The highest BCUT2D eigenvalue weighted by molar-refractivity contribution is 6.04. The van der Waals surface area contributed by atoms with Crippen LogP contribution in [0.4, 0.5) is 10.5 Å². The summed E-state index contributed by atoms with van der Waals surface area (Å²) in [6, 6.07) is 13.2. The largest absolute Gasteiger partial charge is 0.459 e. The number of nitrogens with zero attached hydrogens (tertiary/aromatic N) is 1. The Morgan fingerprint density at radius 3 is 2.39 bits per heavy atom. The molecule has 2 N–H and O–H groups in total. The summed E-state index contributed by atoms with van der Waals surface area (Å²) in [7, 11) is 0. The first-order valence-corrected chi connectivity index (χ1v) is 8.70. The van der Waals surface area contributed by atoms with Crippen LogP contribution >= 0.6 is 0 Å². The lowest BCUT2D eigenvalue weighted by Crippen LogP contribution is -2.45. The number of nitro groups is 1. The highest BCUT2D eigenvalue weighted by Crippen LogP contribution is 2.36. The maximum Gasteiger partial charge on any atom is 0.338 e. The van der Waals surface area contributed by atoms with Crippen LogP contribution in [-0.4, -0.2) is 23.0 Å². The predicted molar refractivity (Wildman–Crippen MR) is 102 cm³/mol. The molecule has 2 amide bonds. The molecule has 0 saturated heterocycles. The summed E-state index contributed by atoms with van der Waals surface area (Å²) in [5.74, 6) is -0.662. The van der Waals surface area contributed by atoms with E-state index in [-0.39, 0.29) is 22.5 Å². The quantitative estimate of drug-likeness (QED) is 0.469. The minimum absolute atomic E-state index is 0.105. The number of urea groups is 1. The lowest BCUT2D eigenvalue weighted by atomic mass is 9.91. The predicted octanol–water partition coefficient (Wildman–Crippen LogP) is 3.31. The van der Waals surface area contributed by atoms with Gasteiger partial charge in [-0.05, 0) is 25.5 Å². The summed E-state index contributed by atoms with van der Waals surface area (Å²) >= 11 is 0. The topological polar surface area (TPSA) is 111 Å². The normalized spacial score (nSPS) is 16.4. The molecule has 1 heterocycles. The number of hydrogen-bond donors (Lipinski definition) is 2. The first-order valence-electron chi connectivity index (χ1n) is 8.70. The zero-order valence-electron chi connectivity index (χ0n) is 15.3. The van der Waals surface area contributed by atoms with Crippen LogP contribution in [-0.2, 0) is 9.53 Å². The van der Waals surface area contributed by atoms with Crippen LogP contribution in [0.1, 0.15) is 31.0 Å². The van der Waals surface area contributed by atoms with Gasteiger partial charge in [-0.15, -0.1) is 0 Å². The standard InChI is InChI=1S/C20H19N3O5/c1-12(2)28-19(24)16-17(13-8-4-3-5-9-13)21-20(25)22-18(16)14-10-6-7-11-15(14)23(26)27/h3-12,18H,1-2H3,(H2,21,22,25). The van der Waals surface area contributed by atoms with Crippen molar-refractivity contribution in [2.45, 2.75) is 26.0 Å². The van der Waals surface area contributed by atoms with Gasteiger partial charge in [0, 0.05) is 6.07 Å². The Bertz CT molecular complexity index is 953. The third kappa shape index (κ3) is 3.85. The lowest BCUT2D eigenvalue weighted by molar-refractivity contribution is -0.385. The van der Waals surface area contributed by atoms with Crippen molar-refractivity contribution in [3.8, 4) is 0 Å². The second-order valence-corrected chi connectivity index (χ2v) is 6.46. The molecular formula is C20H19N3O5. The summed E-state index contributed by atoms with van der Waals surface area (Å²) in [5.41, 5.74) is 0.965. The minimum Gasteiger partial charge on any atom is -0.459 e. The molecule has 0 aromatic heterocycles. The molecule has 3 rings (SSSR count). The number of ether oxygens (including phenoxy) is 1. The van der Waals surface area contributed by atoms with Crippen LogP contribution in [0.15, 0.2) is 60.2 Å². The molecule has 0 bridgehead atoms.